The van der Waals surface area contributed by atoms with E-state index in [1.807, 2.05) is 19.1 Å². The van der Waals surface area contributed by atoms with Crippen LogP contribution in [0.15, 0.2) is 48.5 Å². The molecule has 7 nitrogen and oxygen atoms in total. The normalized spacial score (nSPS) is 19.0. The molecule has 0 saturated carbocycles. The maximum Gasteiger partial charge on any atom is 0.325 e. The summed E-state index contributed by atoms with van der Waals surface area (Å²) in [5.41, 5.74) is 1.08. The molecule has 0 spiro atoms. The lowest BCUT2D eigenvalue weighted by molar-refractivity contribution is -0.133. The van der Waals surface area contributed by atoms with Crippen molar-refractivity contribution in [2.45, 2.75) is 19.4 Å². The largest absolute Gasteiger partial charge is 0.497 e. The number of aryl methyl sites for hydroxylation is 1. The van der Waals surface area contributed by atoms with Crippen LogP contribution >= 0.6 is 0 Å². The minimum Gasteiger partial charge on any atom is -0.497 e. The van der Waals surface area contributed by atoms with Gasteiger partial charge >= 0.3 is 6.03 Å². The van der Waals surface area contributed by atoms with Gasteiger partial charge in [0.1, 0.15) is 17.8 Å². The zero-order valence-electron chi connectivity index (χ0n) is 15.4. The molecule has 27 heavy (non-hydrogen) atoms. The molecular weight excluding hydrogens is 346 g/mol. The molecule has 1 fully saturated rings. The molecular formula is C20H21N3O4. The van der Waals surface area contributed by atoms with Crippen LogP contribution in [0.1, 0.15) is 18.1 Å². The predicted molar refractivity (Wildman–Crippen MR) is 100 cm³/mol. The first-order valence-electron chi connectivity index (χ1n) is 8.48. The van der Waals surface area contributed by atoms with Crippen LogP contribution in [-0.2, 0) is 15.1 Å². The summed E-state index contributed by atoms with van der Waals surface area (Å²) in [6, 6.07) is 13.5. The predicted octanol–water partition coefficient (Wildman–Crippen LogP) is 2.41. The van der Waals surface area contributed by atoms with E-state index in [2.05, 4.69) is 10.6 Å². The molecule has 0 radical (unpaired) electrons. The second kappa shape index (κ2) is 7.11. The SMILES string of the molecule is COc1ccc(NC(=O)CN2C(=O)N[C@](C)(c3ccc(C)cc3)C2=O)cc1. The van der Waals surface area contributed by atoms with Crippen LogP contribution < -0.4 is 15.4 Å². The number of urea groups is 1. The number of amides is 4. The minimum absolute atomic E-state index is 0.363. The van der Waals surface area contributed by atoms with Gasteiger partial charge in [-0.1, -0.05) is 29.8 Å². The monoisotopic (exact) mass is 367 g/mol. The number of hydrogen-bond acceptors (Lipinski definition) is 4. The summed E-state index contributed by atoms with van der Waals surface area (Å²) in [5.74, 6) is -0.256. The highest BCUT2D eigenvalue weighted by atomic mass is 16.5. The molecule has 2 aromatic carbocycles. The van der Waals surface area contributed by atoms with E-state index in [0.29, 0.717) is 17.0 Å². The van der Waals surface area contributed by atoms with E-state index in [4.69, 9.17) is 4.74 Å². The summed E-state index contributed by atoms with van der Waals surface area (Å²) < 4.78 is 5.06. The molecule has 0 bridgehead atoms. The zero-order chi connectivity index (χ0) is 19.6. The first-order chi connectivity index (χ1) is 12.8. The molecule has 1 heterocycles. The lowest BCUT2D eigenvalue weighted by atomic mass is 9.91. The maximum atomic E-state index is 12.8. The van der Waals surface area contributed by atoms with Gasteiger partial charge in [0.25, 0.3) is 5.91 Å². The van der Waals surface area contributed by atoms with E-state index < -0.39 is 23.4 Å². The van der Waals surface area contributed by atoms with E-state index in [-0.39, 0.29) is 6.54 Å². The van der Waals surface area contributed by atoms with Crippen LogP contribution in [0, 0.1) is 6.92 Å². The highest BCUT2D eigenvalue weighted by molar-refractivity contribution is 6.10. The van der Waals surface area contributed by atoms with Crippen molar-refractivity contribution in [3.05, 3.63) is 59.7 Å². The van der Waals surface area contributed by atoms with Crippen LogP contribution in [-0.4, -0.2) is 36.4 Å². The first-order valence-corrected chi connectivity index (χ1v) is 8.48. The van der Waals surface area contributed by atoms with Crippen molar-refractivity contribution in [3.63, 3.8) is 0 Å². The van der Waals surface area contributed by atoms with E-state index in [1.165, 1.54) is 0 Å². The molecule has 140 valence electrons. The fraction of sp³-hybridized carbons (Fsp3) is 0.250. The molecule has 1 atom stereocenters. The number of nitrogens with zero attached hydrogens (tertiary/aromatic N) is 1. The van der Waals surface area contributed by atoms with E-state index in [1.54, 1.807) is 50.4 Å². The summed E-state index contributed by atoms with van der Waals surface area (Å²) in [7, 11) is 1.55. The number of carbonyl (C=O) groups excluding carboxylic acids is 3. The standard InChI is InChI=1S/C20H21N3O4/c1-13-4-6-14(7-5-13)20(2)18(25)23(19(26)22-20)12-17(24)21-15-8-10-16(27-3)11-9-15/h4-11H,12H2,1-3H3,(H,21,24)(H,22,26)/t20-/m1/s1. The van der Waals surface area contributed by atoms with Gasteiger partial charge in [-0.2, -0.15) is 0 Å². The summed E-state index contributed by atoms with van der Waals surface area (Å²) in [6.07, 6.45) is 0. The number of hydrogen-bond donors (Lipinski definition) is 2. The Bertz CT molecular complexity index is 877. The van der Waals surface area contributed by atoms with Crippen molar-refractivity contribution in [1.82, 2.24) is 10.2 Å². The molecule has 0 unspecified atom stereocenters. The molecule has 1 saturated heterocycles. The average Bonchev–Trinajstić information content (AvgIpc) is 2.87. The van der Waals surface area contributed by atoms with Crippen LogP contribution in [0.5, 0.6) is 5.75 Å². The van der Waals surface area contributed by atoms with Crippen molar-refractivity contribution in [2.24, 2.45) is 0 Å². The number of rotatable bonds is 5. The topological polar surface area (TPSA) is 87.7 Å². The smallest absolute Gasteiger partial charge is 0.325 e. The Morgan fingerprint density at radius 1 is 1.11 bits per heavy atom. The van der Waals surface area contributed by atoms with E-state index in [9.17, 15) is 14.4 Å². The van der Waals surface area contributed by atoms with Gasteiger partial charge < -0.3 is 15.4 Å². The van der Waals surface area contributed by atoms with Gasteiger partial charge in [-0.05, 0) is 43.7 Å². The van der Waals surface area contributed by atoms with Crippen molar-refractivity contribution in [2.75, 3.05) is 19.0 Å². The highest BCUT2D eigenvalue weighted by Crippen LogP contribution is 2.29. The Kier molecular flexibility index (Phi) is 4.85. The van der Waals surface area contributed by atoms with Gasteiger partial charge in [0.15, 0.2) is 0 Å². The minimum atomic E-state index is -1.19. The van der Waals surface area contributed by atoms with Crippen LogP contribution in [0.4, 0.5) is 10.5 Å². The van der Waals surface area contributed by atoms with Gasteiger partial charge in [0.2, 0.25) is 5.91 Å². The van der Waals surface area contributed by atoms with Crippen LogP contribution in [0.25, 0.3) is 0 Å². The van der Waals surface area contributed by atoms with Gasteiger partial charge in [-0.3, -0.25) is 14.5 Å². The molecule has 4 amide bonds. The summed E-state index contributed by atoms with van der Waals surface area (Å²) in [6.45, 7) is 3.22. The van der Waals surface area contributed by atoms with E-state index in [0.717, 1.165) is 10.5 Å². The fourth-order valence-corrected chi connectivity index (χ4v) is 2.94. The third-order valence-corrected chi connectivity index (χ3v) is 4.58. The molecule has 1 aliphatic rings. The number of imide groups is 1. The second-order valence-corrected chi connectivity index (χ2v) is 6.59. The maximum absolute atomic E-state index is 12.8. The molecule has 0 aliphatic carbocycles. The van der Waals surface area contributed by atoms with Crippen molar-refractivity contribution in [3.8, 4) is 5.75 Å². The first kappa shape index (κ1) is 18.4. The third-order valence-electron chi connectivity index (χ3n) is 4.58. The Balaban J connectivity index is 1.71. The molecule has 7 heteroatoms. The Morgan fingerprint density at radius 3 is 2.33 bits per heavy atom. The molecule has 2 aromatic rings. The van der Waals surface area contributed by atoms with E-state index >= 15 is 0 Å². The lowest BCUT2D eigenvalue weighted by Crippen LogP contribution is -2.42. The van der Waals surface area contributed by atoms with Gasteiger partial charge in [-0.25, -0.2) is 4.79 Å². The lowest BCUT2D eigenvalue weighted by Gasteiger charge is -2.22. The van der Waals surface area contributed by atoms with Crippen LogP contribution in [0.2, 0.25) is 0 Å². The molecule has 3 rings (SSSR count). The van der Waals surface area contributed by atoms with Crippen molar-refractivity contribution in [1.29, 1.82) is 0 Å². The summed E-state index contributed by atoms with van der Waals surface area (Å²) in [5, 5.41) is 5.36. The number of carbonyl (C=O) groups is 3. The summed E-state index contributed by atoms with van der Waals surface area (Å²) in [4.78, 5) is 38.4. The quantitative estimate of drug-likeness (QED) is 0.795. The Morgan fingerprint density at radius 2 is 1.74 bits per heavy atom. The van der Waals surface area contributed by atoms with Crippen LogP contribution in [0.3, 0.4) is 0 Å². The number of anilines is 1. The van der Waals surface area contributed by atoms with Crippen molar-refractivity contribution >= 4 is 23.5 Å². The molecule has 0 aromatic heterocycles. The van der Waals surface area contributed by atoms with Gasteiger partial charge in [-0.15, -0.1) is 0 Å². The van der Waals surface area contributed by atoms with Gasteiger partial charge in [0, 0.05) is 5.69 Å². The number of methoxy groups -OCH3 is 1. The third kappa shape index (κ3) is 3.62. The number of ether oxygens (including phenoxy) is 1. The Hall–Kier alpha value is -3.35. The highest BCUT2D eigenvalue weighted by Gasteiger charge is 2.49. The molecule has 1 aliphatic heterocycles. The fourth-order valence-electron chi connectivity index (χ4n) is 2.94. The Labute approximate surface area is 157 Å². The summed E-state index contributed by atoms with van der Waals surface area (Å²) >= 11 is 0. The number of nitrogens with one attached hydrogen (secondary N) is 2. The second-order valence-electron chi connectivity index (χ2n) is 6.59. The molecule has 2 N–H and O–H groups in total. The number of benzene rings is 2. The van der Waals surface area contributed by atoms with Gasteiger partial charge in [0.05, 0.1) is 7.11 Å². The van der Waals surface area contributed by atoms with Crippen molar-refractivity contribution < 1.29 is 19.1 Å². The zero-order valence-corrected chi connectivity index (χ0v) is 15.4. The average molecular weight is 367 g/mol.